The lowest BCUT2D eigenvalue weighted by atomic mass is 9.34. The second-order valence-electron chi connectivity index (χ2n) is 17.0. The van der Waals surface area contributed by atoms with Crippen LogP contribution in [0, 0.1) is 6.92 Å². The summed E-state index contributed by atoms with van der Waals surface area (Å²) in [5.74, 6) is 0. The number of alkyl halides is 3. The lowest BCUT2D eigenvalue weighted by Gasteiger charge is -2.37. The highest BCUT2D eigenvalue weighted by Crippen LogP contribution is 2.47. The van der Waals surface area contributed by atoms with Crippen LogP contribution in [-0.2, 0) is 11.6 Å². The zero-order chi connectivity index (χ0) is 41.1. The van der Waals surface area contributed by atoms with Gasteiger partial charge < -0.3 is 18.9 Å². The van der Waals surface area contributed by atoms with Crippen molar-refractivity contribution in [1.29, 1.82) is 0 Å². The molecule has 60 heavy (non-hydrogen) atoms. The van der Waals surface area contributed by atoms with Crippen molar-refractivity contribution in [2.75, 3.05) is 9.80 Å². The number of rotatable bonds is 6. The largest absolute Gasteiger partial charge is 0.431 e. The molecule has 0 unspecified atom stereocenters. The molecule has 0 atom stereocenters. The minimum Gasteiger partial charge on any atom is -0.315 e. The number of hydrogen-bond donors (Lipinski definition) is 0. The Hall–Kier alpha value is -6.93. The summed E-state index contributed by atoms with van der Waals surface area (Å²) in [5, 5.41) is 1.63. The van der Waals surface area contributed by atoms with Gasteiger partial charge in [0, 0.05) is 50.6 Å². The second-order valence-corrected chi connectivity index (χ2v) is 17.0. The lowest BCUT2D eigenvalue weighted by Crippen LogP contribution is -2.59. The lowest BCUT2D eigenvalue weighted by molar-refractivity contribution is -0.142. The molecule has 0 saturated heterocycles. The number of aromatic nitrogens is 2. The molecule has 2 aliphatic rings. The molecule has 0 aliphatic carbocycles. The normalized spacial score (nSPS) is 12.9. The third-order valence-electron chi connectivity index (χ3n) is 12.4. The SMILES string of the molecule is Cc1cc2c(N(c3ccccc3)c3ccccc3)ccc3c2n1-c1cc(C(C)(C)C)cc2c1B3c1ccc(N(c3ccccc3)c3ccccc3)c3cc(C(F)(F)F)n-2c13. The molecule has 7 aromatic carbocycles. The van der Waals surface area contributed by atoms with Gasteiger partial charge in [-0.15, -0.1) is 0 Å². The van der Waals surface area contributed by atoms with Gasteiger partial charge in [-0.25, -0.2) is 0 Å². The van der Waals surface area contributed by atoms with Gasteiger partial charge in [-0.05, 0) is 119 Å². The van der Waals surface area contributed by atoms with Crippen LogP contribution in [0.5, 0.6) is 0 Å². The second kappa shape index (κ2) is 13.0. The molecule has 292 valence electrons. The Labute approximate surface area is 347 Å². The molecular formula is C52H40BF3N4. The van der Waals surface area contributed by atoms with Crippen LogP contribution in [0.4, 0.5) is 47.3 Å². The van der Waals surface area contributed by atoms with Crippen molar-refractivity contribution in [2.24, 2.45) is 0 Å². The molecule has 2 aliphatic heterocycles. The highest BCUT2D eigenvalue weighted by molar-refractivity contribution is 7.00. The molecule has 8 heteroatoms. The number of para-hydroxylation sites is 4. The third-order valence-corrected chi connectivity index (χ3v) is 12.4. The minimum atomic E-state index is -4.63. The number of nitrogens with zero attached hydrogens (tertiary/aromatic N) is 4. The highest BCUT2D eigenvalue weighted by Gasteiger charge is 2.45. The average Bonchev–Trinajstić information content (AvgIpc) is 3.83. The van der Waals surface area contributed by atoms with Crippen molar-refractivity contribution in [3.63, 3.8) is 0 Å². The van der Waals surface area contributed by atoms with E-state index in [-0.39, 0.29) is 12.1 Å². The number of fused-ring (bicyclic) bond motifs is 4. The maximum absolute atomic E-state index is 15.7. The third kappa shape index (κ3) is 5.33. The summed E-state index contributed by atoms with van der Waals surface area (Å²) in [7, 11) is 0. The Morgan fingerprint density at radius 2 is 0.883 bits per heavy atom. The van der Waals surface area contributed by atoms with Gasteiger partial charge in [-0.3, -0.25) is 0 Å². The first-order valence-electron chi connectivity index (χ1n) is 20.4. The molecule has 0 saturated carbocycles. The molecule has 4 nitrogen and oxygen atoms in total. The van der Waals surface area contributed by atoms with Crippen LogP contribution in [-0.4, -0.2) is 15.8 Å². The first-order valence-corrected chi connectivity index (χ1v) is 20.4. The van der Waals surface area contributed by atoms with Gasteiger partial charge in [0.15, 0.2) is 0 Å². The molecule has 4 heterocycles. The van der Waals surface area contributed by atoms with Crippen LogP contribution in [0.25, 0.3) is 33.2 Å². The highest BCUT2D eigenvalue weighted by atomic mass is 19.4. The maximum Gasteiger partial charge on any atom is 0.431 e. The van der Waals surface area contributed by atoms with E-state index in [2.05, 4.69) is 121 Å². The number of benzene rings is 7. The van der Waals surface area contributed by atoms with E-state index in [0.29, 0.717) is 22.3 Å². The van der Waals surface area contributed by atoms with E-state index < -0.39 is 11.9 Å². The molecular weight excluding hydrogens is 748 g/mol. The standard InChI is InChI=1S/C52H40BF3N4/c1-33-29-39-43(58(35-17-9-5-10-18-35)36-19-11-6-12-20-36)27-25-41-49(39)57(33)45-30-34(51(2,3)4)31-46-48(45)53(41)42-26-28-44(40-32-47(52(54,55)56)60(46)50(40)42)59(37-21-13-7-14-22-37)38-23-15-8-16-24-38/h5-32H,1-4H3. The molecule has 0 amide bonds. The van der Waals surface area contributed by atoms with Gasteiger partial charge in [0.1, 0.15) is 5.69 Å². The van der Waals surface area contributed by atoms with Gasteiger partial charge in [-0.2, -0.15) is 13.2 Å². The van der Waals surface area contributed by atoms with Gasteiger partial charge in [-0.1, -0.05) is 106 Å². The van der Waals surface area contributed by atoms with Crippen molar-refractivity contribution in [2.45, 2.75) is 39.3 Å². The quantitative estimate of drug-likeness (QED) is 0.156. The zero-order valence-electron chi connectivity index (χ0n) is 33.7. The molecule has 0 bridgehead atoms. The molecule has 0 radical (unpaired) electrons. The van der Waals surface area contributed by atoms with E-state index >= 15 is 13.2 Å². The van der Waals surface area contributed by atoms with Gasteiger partial charge >= 0.3 is 6.18 Å². The Balaban J connectivity index is 1.25. The van der Waals surface area contributed by atoms with Gasteiger partial charge in [0.05, 0.1) is 22.4 Å². The van der Waals surface area contributed by atoms with Crippen LogP contribution < -0.4 is 26.2 Å². The molecule has 0 N–H and O–H groups in total. The van der Waals surface area contributed by atoms with E-state index in [1.165, 1.54) is 10.6 Å². The van der Waals surface area contributed by atoms with Gasteiger partial charge in [0.2, 0.25) is 0 Å². The van der Waals surface area contributed by atoms with E-state index in [1.54, 1.807) is 0 Å². The summed E-state index contributed by atoms with van der Waals surface area (Å²) < 4.78 is 51.0. The summed E-state index contributed by atoms with van der Waals surface area (Å²) >= 11 is 0. The predicted octanol–water partition coefficient (Wildman–Crippen LogP) is 12.3. The topological polar surface area (TPSA) is 16.3 Å². The fourth-order valence-electron chi connectivity index (χ4n) is 9.77. The Morgan fingerprint density at radius 1 is 0.483 bits per heavy atom. The fourth-order valence-corrected chi connectivity index (χ4v) is 9.77. The summed E-state index contributed by atoms with van der Waals surface area (Å²) in [6.07, 6.45) is -4.63. The molecule has 0 fully saturated rings. The molecule has 2 aromatic heterocycles. The summed E-state index contributed by atoms with van der Waals surface area (Å²) in [6, 6.07) is 56.9. The molecule has 0 spiro atoms. The Morgan fingerprint density at radius 3 is 1.30 bits per heavy atom. The van der Waals surface area contributed by atoms with Crippen molar-refractivity contribution in [3.05, 3.63) is 187 Å². The van der Waals surface area contributed by atoms with Crippen molar-refractivity contribution >= 4 is 79.0 Å². The van der Waals surface area contributed by atoms with Gasteiger partial charge in [0.25, 0.3) is 6.71 Å². The number of hydrogen-bond acceptors (Lipinski definition) is 2. The number of anilines is 6. The Kier molecular flexibility index (Phi) is 7.86. The number of aryl methyl sites for hydroxylation is 1. The van der Waals surface area contributed by atoms with E-state index in [9.17, 15) is 0 Å². The predicted molar refractivity (Wildman–Crippen MR) is 243 cm³/mol. The first kappa shape index (κ1) is 36.2. The minimum absolute atomic E-state index is 0.328. The fraction of sp³-hybridized carbons (Fsp3) is 0.115. The summed E-state index contributed by atoms with van der Waals surface area (Å²) in [4.78, 5) is 4.37. The first-order chi connectivity index (χ1) is 29.0. The smallest absolute Gasteiger partial charge is 0.315 e. The Bertz CT molecular complexity index is 3050. The van der Waals surface area contributed by atoms with Crippen LogP contribution in [0.3, 0.4) is 0 Å². The van der Waals surface area contributed by atoms with Crippen molar-refractivity contribution in [1.82, 2.24) is 9.13 Å². The zero-order valence-corrected chi connectivity index (χ0v) is 33.7. The number of halogens is 3. The van der Waals surface area contributed by atoms with Crippen LogP contribution in [0.2, 0.25) is 0 Å². The maximum atomic E-state index is 15.7. The van der Waals surface area contributed by atoms with E-state index in [1.807, 2.05) is 84.9 Å². The van der Waals surface area contributed by atoms with Crippen LogP contribution in [0.15, 0.2) is 170 Å². The van der Waals surface area contributed by atoms with E-state index in [0.717, 1.165) is 72.7 Å². The molecule has 9 aromatic rings. The average molecular weight is 789 g/mol. The van der Waals surface area contributed by atoms with Crippen molar-refractivity contribution in [3.8, 4) is 11.4 Å². The summed E-state index contributed by atoms with van der Waals surface area (Å²) in [6.45, 7) is 8.18. The van der Waals surface area contributed by atoms with Crippen molar-refractivity contribution < 1.29 is 13.2 Å². The van der Waals surface area contributed by atoms with Crippen LogP contribution >= 0.6 is 0 Å². The van der Waals surface area contributed by atoms with E-state index in [4.69, 9.17) is 0 Å². The summed E-state index contributed by atoms with van der Waals surface area (Å²) in [5.41, 5.74) is 12.4. The monoisotopic (exact) mass is 788 g/mol. The molecule has 11 rings (SSSR count). The van der Waals surface area contributed by atoms with Crippen LogP contribution in [0.1, 0.15) is 37.7 Å².